The maximum Gasteiger partial charge on any atom is 0.228 e. The summed E-state index contributed by atoms with van der Waals surface area (Å²) in [5, 5.41) is 10.8. The topological polar surface area (TPSA) is 87.7 Å². The third-order valence-corrected chi connectivity index (χ3v) is 3.93. The molecule has 0 radical (unpaired) electrons. The number of hydrogen-bond donors (Lipinski definition) is 2. The van der Waals surface area contributed by atoms with E-state index in [4.69, 9.17) is 9.47 Å². The van der Waals surface area contributed by atoms with Gasteiger partial charge >= 0.3 is 0 Å². The van der Waals surface area contributed by atoms with Gasteiger partial charge in [0, 0.05) is 18.4 Å². The summed E-state index contributed by atoms with van der Waals surface area (Å²) in [4.78, 5) is 20.8. The van der Waals surface area contributed by atoms with Crippen LogP contribution in [0.4, 0.5) is 4.39 Å². The highest BCUT2D eigenvalue weighted by Gasteiger charge is 2.35. The Labute approximate surface area is 144 Å². The lowest BCUT2D eigenvalue weighted by Crippen LogP contribution is -2.50. The van der Waals surface area contributed by atoms with E-state index in [1.165, 1.54) is 30.6 Å². The first-order chi connectivity index (χ1) is 12.0. The van der Waals surface area contributed by atoms with Crippen molar-refractivity contribution in [3.05, 3.63) is 48.3 Å². The second-order valence-electron chi connectivity index (χ2n) is 6.09. The number of carbonyl (C=O) groups excluding carboxylic acids is 1. The van der Waals surface area contributed by atoms with Crippen molar-refractivity contribution in [1.82, 2.24) is 14.9 Å². The molecule has 3 rings (SSSR count). The zero-order valence-electron chi connectivity index (χ0n) is 13.7. The first-order valence-electron chi connectivity index (χ1n) is 7.98. The highest BCUT2D eigenvalue weighted by Crippen LogP contribution is 2.18. The average Bonchev–Trinajstić information content (AvgIpc) is 3.02. The molecule has 7 nitrogen and oxygen atoms in total. The molecule has 1 aromatic carbocycles. The fourth-order valence-electron chi connectivity index (χ4n) is 2.62. The van der Waals surface area contributed by atoms with Gasteiger partial charge in [-0.3, -0.25) is 4.79 Å². The molecular formula is C17H20FN3O4. The number of amides is 1. The maximum atomic E-state index is 12.9. The van der Waals surface area contributed by atoms with Crippen molar-refractivity contribution in [2.75, 3.05) is 32.9 Å². The number of hydrogen-bond acceptors (Lipinski definition) is 5. The minimum absolute atomic E-state index is 0.0576. The van der Waals surface area contributed by atoms with Crippen molar-refractivity contribution in [2.24, 2.45) is 0 Å². The van der Waals surface area contributed by atoms with Gasteiger partial charge in [-0.15, -0.1) is 0 Å². The van der Waals surface area contributed by atoms with Crippen LogP contribution in [0.2, 0.25) is 0 Å². The molecule has 25 heavy (non-hydrogen) atoms. The van der Waals surface area contributed by atoms with Gasteiger partial charge < -0.3 is 24.5 Å². The number of nitrogens with zero attached hydrogens (tertiary/aromatic N) is 2. The molecule has 1 atom stereocenters. The van der Waals surface area contributed by atoms with Crippen molar-refractivity contribution in [1.29, 1.82) is 0 Å². The highest BCUT2D eigenvalue weighted by molar-refractivity contribution is 5.78. The summed E-state index contributed by atoms with van der Waals surface area (Å²) in [5.41, 5.74) is -0.629. The van der Waals surface area contributed by atoms with Gasteiger partial charge in [0.1, 0.15) is 23.8 Å². The van der Waals surface area contributed by atoms with Crippen LogP contribution < -0.4 is 4.74 Å². The van der Waals surface area contributed by atoms with Gasteiger partial charge in [-0.2, -0.15) is 0 Å². The van der Waals surface area contributed by atoms with Crippen molar-refractivity contribution in [3.63, 3.8) is 0 Å². The van der Waals surface area contributed by atoms with E-state index in [1.807, 2.05) is 0 Å². The van der Waals surface area contributed by atoms with Crippen molar-refractivity contribution >= 4 is 5.91 Å². The lowest BCUT2D eigenvalue weighted by atomic mass is 10.1. The number of aromatic amines is 1. The molecule has 0 aliphatic carbocycles. The normalized spacial score (nSPS) is 21.0. The smallest absolute Gasteiger partial charge is 0.228 e. The number of β-amino-alcohol motifs (C(OH)–C–C–N with tert-alkyl or cyclic N) is 1. The lowest BCUT2D eigenvalue weighted by Gasteiger charge is -2.30. The number of aromatic nitrogens is 2. The molecule has 1 amide bonds. The number of aliphatic hydroxyl groups is 1. The number of carbonyl (C=O) groups is 1. The molecule has 1 saturated heterocycles. The molecule has 1 aliphatic rings. The Morgan fingerprint density at radius 1 is 1.44 bits per heavy atom. The molecule has 1 aliphatic heterocycles. The second-order valence-corrected chi connectivity index (χ2v) is 6.09. The molecule has 0 spiro atoms. The van der Waals surface area contributed by atoms with Gasteiger partial charge in [-0.25, -0.2) is 9.37 Å². The van der Waals surface area contributed by atoms with Crippen LogP contribution in [0.15, 0.2) is 36.8 Å². The van der Waals surface area contributed by atoms with Gasteiger partial charge in [0.2, 0.25) is 5.91 Å². The quantitative estimate of drug-likeness (QED) is 0.832. The van der Waals surface area contributed by atoms with E-state index in [9.17, 15) is 14.3 Å². The molecule has 134 valence electrons. The third-order valence-electron chi connectivity index (χ3n) is 3.93. The van der Waals surface area contributed by atoms with Gasteiger partial charge in [0.25, 0.3) is 0 Å². The monoisotopic (exact) mass is 349 g/mol. The van der Waals surface area contributed by atoms with Gasteiger partial charge in [0.15, 0.2) is 0 Å². The fraction of sp³-hybridized carbons (Fsp3) is 0.412. The van der Waals surface area contributed by atoms with Crippen LogP contribution in [-0.2, 0) is 16.0 Å². The van der Waals surface area contributed by atoms with E-state index >= 15 is 0 Å². The largest absolute Gasteiger partial charge is 0.490 e. The summed E-state index contributed by atoms with van der Waals surface area (Å²) in [6.07, 6.45) is 3.28. The molecule has 1 fully saturated rings. The SMILES string of the molecule is O=C(Cc1cnc[nH]1)N1CCOC[C@@](O)(COc2ccc(F)cc2)C1. The highest BCUT2D eigenvalue weighted by atomic mass is 19.1. The Balaban J connectivity index is 1.61. The van der Waals surface area contributed by atoms with Crippen LogP contribution in [0.25, 0.3) is 0 Å². The van der Waals surface area contributed by atoms with Crippen molar-refractivity contribution in [2.45, 2.75) is 12.0 Å². The van der Waals surface area contributed by atoms with Crippen LogP contribution in [0.3, 0.4) is 0 Å². The Bertz CT molecular complexity index is 692. The van der Waals surface area contributed by atoms with Gasteiger partial charge in [-0.1, -0.05) is 0 Å². The van der Waals surface area contributed by atoms with E-state index in [0.717, 1.165) is 0 Å². The number of benzene rings is 1. The number of halogens is 1. The molecule has 0 saturated carbocycles. The Hall–Kier alpha value is -2.45. The Morgan fingerprint density at radius 3 is 2.96 bits per heavy atom. The lowest BCUT2D eigenvalue weighted by molar-refractivity contribution is -0.134. The average molecular weight is 349 g/mol. The van der Waals surface area contributed by atoms with Crippen LogP contribution in [0.1, 0.15) is 5.69 Å². The predicted octanol–water partition coefficient (Wildman–Crippen LogP) is 0.760. The van der Waals surface area contributed by atoms with Crippen LogP contribution in [0, 0.1) is 5.82 Å². The fourth-order valence-corrected chi connectivity index (χ4v) is 2.62. The molecule has 2 heterocycles. The van der Waals surface area contributed by atoms with E-state index in [-0.39, 0.29) is 37.9 Å². The van der Waals surface area contributed by atoms with Gasteiger partial charge in [0.05, 0.1) is 32.5 Å². The van der Waals surface area contributed by atoms with Crippen LogP contribution in [-0.4, -0.2) is 64.4 Å². The standard InChI is InChI=1S/C17H20FN3O4/c18-13-1-3-15(4-2-13)25-11-17(23)9-21(5-6-24-10-17)16(22)7-14-8-19-12-20-14/h1-4,8,12,23H,5-7,9-11H2,(H,19,20)/t17-/m1/s1. The number of imidazole rings is 1. The third kappa shape index (κ3) is 4.77. The van der Waals surface area contributed by atoms with Gasteiger partial charge in [-0.05, 0) is 24.3 Å². The van der Waals surface area contributed by atoms with E-state index < -0.39 is 5.60 Å². The molecule has 1 aromatic heterocycles. The van der Waals surface area contributed by atoms with Crippen molar-refractivity contribution < 1.29 is 23.8 Å². The second kappa shape index (κ2) is 7.62. The predicted molar refractivity (Wildman–Crippen MR) is 86.5 cm³/mol. The van der Waals surface area contributed by atoms with Crippen LogP contribution in [0.5, 0.6) is 5.75 Å². The molecule has 0 unspecified atom stereocenters. The molecular weight excluding hydrogens is 329 g/mol. The summed E-state index contributed by atoms with van der Waals surface area (Å²) in [7, 11) is 0. The summed E-state index contributed by atoms with van der Waals surface area (Å²) in [5.74, 6) is -0.0520. The molecule has 2 N–H and O–H groups in total. The van der Waals surface area contributed by atoms with Crippen molar-refractivity contribution in [3.8, 4) is 5.75 Å². The molecule has 8 heteroatoms. The minimum atomic E-state index is -1.34. The first kappa shape index (κ1) is 17.4. The number of rotatable bonds is 5. The zero-order chi connectivity index (χ0) is 17.7. The summed E-state index contributed by atoms with van der Waals surface area (Å²) >= 11 is 0. The van der Waals surface area contributed by atoms with E-state index in [0.29, 0.717) is 24.6 Å². The van der Waals surface area contributed by atoms with E-state index in [1.54, 1.807) is 11.1 Å². The summed E-state index contributed by atoms with van der Waals surface area (Å²) < 4.78 is 23.9. The Kier molecular flexibility index (Phi) is 5.30. The molecule has 0 bridgehead atoms. The van der Waals surface area contributed by atoms with Crippen LogP contribution >= 0.6 is 0 Å². The maximum absolute atomic E-state index is 12.9. The van der Waals surface area contributed by atoms with E-state index in [2.05, 4.69) is 9.97 Å². The number of H-pyrrole nitrogens is 1. The molecule has 2 aromatic rings. The Morgan fingerprint density at radius 2 is 2.24 bits per heavy atom. The number of nitrogens with one attached hydrogen (secondary N) is 1. The first-order valence-corrected chi connectivity index (χ1v) is 7.98. The summed E-state index contributed by atoms with van der Waals surface area (Å²) in [6, 6.07) is 5.53. The zero-order valence-corrected chi connectivity index (χ0v) is 13.7. The summed E-state index contributed by atoms with van der Waals surface area (Å²) in [6.45, 7) is 0.828. The minimum Gasteiger partial charge on any atom is -0.490 e. The number of ether oxygens (including phenoxy) is 2.